The zero-order chi connectivity index (χ0) is 6.62. The van der Waals surface area contributed by atoms with Crippen molar-refractivity contribution in [1.29, 1.82) is 0 Å². The Labute approximate surface area is 84.2 Å². The molecule has 0 rings (SSSR count). The number of hydrogen-bond acceptors (Lipinski definition) is 3. The fourth-order valence-corrected chi connectivity index (χ4v) is 0.566. The first-order valence-electron chi connectivity index (χ1n) is 2.18. The molecular formula is C4H11NaO4S. The van der Waals surface area contributed by atoms with E-state index in [9.17, 15) is 8.42 Å². The summed E-state index contributed by atoms with van der Waals surface area (Å²) in [6, 6.07) is 0. The van der Waals surface area contributed by atoms with Crippen LogP contribution in [-0.4, -0.2) is 19.6 Å². The predicted molar refractivity (Wildman–Crippen MR) is 34.2 cm³/mol. The van der Waals surface area contributed by atoms with Gasteiger partial charge in [-0.2, -0.15) is 8.42 Å². The summed E-state index contributed by atoms with van der Waals surface area (Å²) in [6.07, 6.45) is 0.569. The Bertz CT molecular complexity index is 141. The quantitative estimate of drug-likeness (QED) is 0.299. The first-order valence-corrected chi connectivity index (χ1v) is 3.54. The largest absolute Gasteiger partial charge is 1.00 e. The van der Waals surface area contributed by atoms with E-state index in [2.05, 4.69) is 4.18 Å². The van der Waals surface area contributed by atoms with Crippen LogP contribution in [0, 0.1) is 7.43 Å². The summed E-state index contributed by atoms with van der Waals surface area (Å²) in [6.45, 7) is 1.78. The number of hydrogen-bond donors (Lipinski definition) is 1. The van der Waals surface area contributed by atoms with Gasteiger partial charge in [-0.05, 0) is 6.42 Å². The zero-order valence-corrected chi connectivity index (χ0v) is 9.31. The molecule has 0 aliphatic rings. The first kappa shape index (κ1) is 17.1. The molecule has 4 nitrogen and oxygen atoms in total. The maximum Gasteiger partial charge on any atom is 1.00 e. The van der Waals surface area contributed by atoms with Crippen LogP contribution in [0.2, 0.25) is 0 Å². The van der Waals surface area contributed by atoms with Crippen molar-refractivity contribution >= 4 is 10.4 Å². The van der Waals surface area contributed by atoms with Crippen molar-refractivity contribution in [3.05, 3.63) is 7.43 Å². The van der Waals surface area contributed by atoms with Gasteiger partial charge in [0.2, 0.25) is 0 Å². The Balaban J connectivity index is -0.000000245. The van der Waals surface area contributed by atoms with Gasteiger partial charge in [-0.15, -0.1) is 0 Å². The fourth-order valence-electron chi connectivity index (χ4n) is 0.189. The van der Waals surface area contributed by atoms with Gasteiger partial charge < -0.3 is 7.43 Å². The van der Waals surface area contributed by atoms with Crippen LogP contribution in [-0.2, 0) is 14.6 Å². The Morgan fingerprint density at radius 2 is 1.90 bits per heavy atom. The van der Waals surface area contributed by atoms with Gasteiger partial charge in [0.25, 0.3) is 0 Å². The van der Waals surface area contributed by atoms with E-state index in [0.29, 0.717) is 6.42 Å². The number of rotatable bonds is 3. The molecule has 6 heteroatoms. The maximum atomic E-state index is 9.72. The van der Waals surface area contributed by atoms with Gasteiger partial charge in [0.05, 0.1) is 6.61 Å². The van der Waals surface area contributed by atoms with Gasteiger partial charge in [-0.1, -0.05) is 6.92 Å². The molecular weight excluding hydrogens is 167 g/mol. The second-order valence-corrected chi connectivity index (χ2v) is 2.34. The molecule has 0 aliphatic carbocycles. The van der Waals surface area contributed by atoms with E-state index >= 15 is 0 Å². The molecule has 0 fully saturated rings. The van der Waals surface area contributed by atoms with Crippen LogP contribution in [0.1, 0.15) is 13.3 Å². The summed E-state index contributed by atoms with van der Waals surface area (Å²) in [5.41, 5.74) is 0. The molecule has 0 amide bonds. The van der Waals surface area contributed by atoms with Gasteiger partial charge in [-0.25, -0.2) is 4.18 Å². The summed E-state index contributed by atoms with van der Waals surface area (Å²) in [7, 11) is -4.19. The molecule has 1 N–H and O–H groups in total. The summed E-state index contributed by atoms with van der Waals surface area (Å²) >= 11 is 0. The Hall–Kier alpha value is 0.870. The van der Waals surface area contributed by atoms with E-state index in [4.69, 9.17) is 4.55 Å². The van der Waals surface area contributed by atoms with Gasteiger partial charge in [0, 0.05) is 0 Å². The standard InChI is InChI=1S/C3H8O4S.CH3.Na/c1-2-3-7-8(4,5)6;;/h2-3H2,1H3,(H,4,5,6);1H3;/q;-1;+1. The smallest absolute Gasteiger partial charge is 0.358 e. The minimum atomic E-state index is -4.19. The fraction of sp³-hybridized carbons (Fsp3) is 0.750. The molecule has 0 spiro atoms. The Morgan fingerprint density at radius 3 is 2.00 bits per heavy atom. The van der Waals surface area contributed by atoms with Crippen LogP contribution in [0.3, 0.4) is 0 Å². The summed E-state index contributed by atoms with van der Waals surface area (Å²) in [5, 5.41) is 0. The molecule has 0 aromatic carbocycles. The van der Waals surface area contributed by atoms with Crippen molar-refractivity contribution in [3.63, 3.8) is 0 Å². The predicted octanol–water partition coefficient (Wildman–Crippen LogP) is -2.33. The second kappa shape index (κ2) is 7.97. The SMILES string of the molecule is CCCOS(=O)(=O)O.[CH3-].[Na+]. The average Bonchev–Trinajstić information content (AvgIpc) is 1.59. The third kappa shape index (κ3) is 15.9. The molecule has 0 unspecified atom stereocenters. The van der Waals surface area contributed by atoms with Gasteiger partial charge in [0.15, 0.2) is 0 Å². The Morgan fingerprint density at radius 1 is 1.50 bits per heavy atom. The summed E-state index contributed by atoms with van der Waals surface area (Å²) < 4.78 is 31.3. The molecule has 0 saturated carbocycles. The van der Waals surface area contributed by atoms with Crippen LogP contribution < -0.4 is 29.6 Å². The van der Waals surface area contributed by atoms with E-state index < -0.39 is 10.4 Å². The van der Waals surface area contributed by atoms with Crippen LogP contribution >= 0.6 is 0 Å². The van der Waals surface area contributed by atoms with Crippen molar-refractivity contribution in [2.45, 2.75) is 13.3 Å². The van der Waals surface area contributed by atoms with E-state index in [-0.39, 0.29) is 43.6 Å². The minimum Gasteiger partial charge on any atom is -0.358 e. The third-order valence-corrected chi connectivity index (χ3v) is 0.901. The third-order valence-electron chi connectivity index (χ3n) is 0.436. The van der Waals surface area contributed by atoms with Crippen molar-refractivity contribution in [1.82, 2.24) is 0 Å². The molecule has 0 heterocycles. The topological polar surface area (TPSA) is 63.6 Å². The molecule has 0 bridgehead atoms. The average molecular weight is 178 g/mol. The monoisotopic (exact) mass is 178 g/mol. The van der Waals surface area contributed by atoms with Crippen LogP contribution in [0.15, 0.2) is 0 Å². The van der Waals surface area contributed by atoms with Gasteiger partial charge in [0.1, 0.15) is 0 Å². The normalized spacial score (nSPS) is 9.40. The molecule has 0 saturated heterocycles. The first-order chi connectivity index (χ1) is 3.56. The summed E-state index contributed by atoms with van der Waals surface area (Å²) in [4.78, 5) is 0. The Kier molecular flexibility index (Phi) is 13.6. The van der Waals surface area contributed by atoms with Gasteiger partial charge in [-0.3, -0.25) is 4.55 Å². The minimum absolute atomic E-state index is 0. The van der Waals surface area contributed by atoms with Crippen molar-refractivity contribution < 1.29 is 46.7 Å². The van der Waals surface area contributed by atoms with E-state index in [1.54, 1.807) is 6.92 Å². The summed E-state index contributed by atoms with van der Waals surface area (Å²) in [5.74, 6) is 0. The maximum absolute atomic E-state index is 9.72. The van der Waals surface area contributed by atoms with Crippen LogP contribution in [0.5, 0.6) is 0 Å². The van der Waals surface area contributed by atoms with Gasteiger partial charge >= 0.3 is 40.0 Å². The van der Waals surface area contributed by atoms with Crippen molar-refractivity contribution in [2.24, 2.45) is 0 Å². The second-order valence-electron chi connectivity index (χ2n) is 1.25. The van der Waals surface area contributed by atoms with E-state index in [1.165, 1.54) is 0 Å². The molecule has 0 aliphatic heterocycles. The zero-order valence-electron chi connectivity index (χ0n) is 6.49. The van der Waals surface area contributed by atoms with Crippen molar-refractivity contribution in [2.75, 3.05) is 6.61 Å². The molecule has 58 valence electrons. The van der Waals surface area contributed by atoms with Crippen molar-refractivity contribution in [3.8, 4) is 0 Å². The van der Waals surface area contributed by atoms with E-state index in [0.717, 1.165) is 0 Å². The van der Waals surface area contributed by atoms with Crippen LogP contribution in [0.4, 0.5) is 0 Å². The molecule has 0 radical (unpaired) electrons. The molecule has 0 aromatic rings. The molecule has 0 aromatic heterocycles. The van der Waals surface area contributed by atoms with E-state index in [1.807, 2.05) is 0 Å². The van der Waals surface area contributed by atoms with Crippen LogP contribution in [0.25, 0.3) is 0 Å². The molecule has 10 heavy (non-hydrogen) atoms. The molecule has 0 atom stereocenters.